The maximum Gasteiger partial charge on any atom is 0 e. The normalized spacial score (nSPS) is 7.00. The topological polar surface area (TPSA) is 57.5 Å². The van der Waals surface area contributed by atoms with Gasteiger partial charge >= 0.3 is 30.4 Å². The van der Waals surface area contributed by atoms with Crippen molar-refractivity contribution >= 4 is 69.2 Å². The molecule has 0 saturated heterocycles. The maximum absolute atomic E-state index is 8.81. The van der Waals surface area contributed by atoms with Crippen molar-refractivity contribution in [2.75, 3.05) is 0 Å². The Morgan fingerprint density at radius 2 is 1.40 bits per heavy atom. The second kappa shape index (κ2) is 6.08. The summed E-state index contributed by atoms with van der Waals surface area (Å²) in [5, 5.41) is 0. The van der Waals surface area contributed by atoms with Crippen LogP contribution in [-0.4, -0.2) is 76.2 Å². The summed E-state index contributed by atoms with van der Waals surface area (Å²) in [6.07, 6.45) is 0. The zero-order valence-electron chi connectivity index (χ0n) is 2.42. The van der Waals surface area contributed by atoms with Gasteiger partial charge in [0.2, 0.25) is 0 Å². The Kier molecular flexibility index (Phi) is 12.3. The fourth-order valence-electron chi connectivity index (χ4n) is 0. The molecule has 0 unspecified atom stereocenters. The van der Waals surface area contributed by atoms with Crippen molar-refractivity contribution in [1.29, 1.82) is 0 Å². The molecule has 0 aromatic carbocycles. The summed E-state index contributed by atoms with van der Waals surface area (Å²) in [5.74, 6) is 0. The monoisotopic (exact) mass is 318 g/mol. The van der Waals surface area contributed by atoms with Gasteiger partial charge in [-0.15, -0.1) is 0 Å². The van der Waals surface area contributed by atoms with Crippen LogP contribution in [0.25, 0.3) is 0 Å². The van der Waals surface area contributed by atoms with Crippen molar-refractivity contribution in [3.8, 4) is 0 Å². The van der Waals surface area contributed by atoms with E-state index in [1.54, 1.807) is 0 Å². The van der Waals surface area contributed by atoms with Crippen molar-refractivity contribution < 1.29 is 10.0 Å². The first-order valence-electron chi connectivity index (χ1n) is 0.532. The molecular formula is H2BaO3Te. The van der Waals surface area contributed by atoms with E-state index in [4.69, 9.17) is 10.0 Å². The summed E-state index contributed by atoms with van der Waals surface area (Å²) in [6.45, 7) is 0. The Morgan fingerprint density at radius 3 is 1.40 bits per heavy atom. The van der Waals surface area contributed by atoms with Crippen LogP contribution >= 0.6 is 0 Å². The molecule has 0 heterocycles. The molecule has 3 nitrogen and oxygen atoms in total. The first-order chi connectivity index (χ1) is 1.73. The van der Waals surface area contributed by atoms with Crippen molar-refractivity contribution in [3.05, 3.63) is 0 Å². The van der Waals surface area contributed by atoms with Crippen LogP contribution in [0.5, 0.6) is 0 Å². The van der Waals surface area contributed by atoms with Crippen LogP contribution in [0, 0.1) is 0 Å². The van der Waals surface area contributed by atoms with Crippen molar-refractivity contribution in [2.45, 2.75) is 0 Å². The molecule has 0 bridgehead atoms. The van der Waals surface area contributed by atoms with Crippen LogP contribution in [0.4, 0.5) is 0 Å². The summed E-state index contributed by atoms with van der Waals surface area (Å²) in [4.78, 5) is 0. The molecule has 28 valence electrons. The van der Waals surface area contributed by atoms with Crippen LogP contribution in [0.15, 0.2) is 0 Å². The van der Waals surface area contributed by atoms with Crippen LogP contribution in [0.2, 0.25) is 0 Å². The zero-order chi connectivity index (χ0) is 3.58. The molecule has 0 aliphatic heterocycles. The fourth-order valence-corrected chi connectivity index (χ4v) is 0. The number of hydrogen-bond acceptors (Lipinski definition) is 1. The van der Waals surface area contributed by atoms with Crippen LogP contribution < -0.4 is 0 Å². The van der Waals surface area contributed by atoms with Gasteiger partial charge in [0.05, 0.1) is 0 Å². The van der Waals surface area contributed by atoms with E-state index >= 15 is 0 Å². The summed E-state index contributed by atoms with van der Waals surface area (Å²) in [5.41, 5.74) is 0. The van der Waals surface area contributed by atoms with Gasteiger partial charge in [0.1, 0.15) is 0 Å². The Balaban J connectivity index is 0. The summed E-state index contributed by atoms with van der Waals surface area (Å²) >= 11 is -3.61. The van der Waals surface area contributed by atoms with Gasteiger partial charge in [-0.05, 0) is 0 Å². The standard InChI is InChI=1S/Ba.H2O3Te/c;1-4(2)3/h;(H2,1,2,3). The van der Waals surface area contributed by atoms with Gasteiger partial charge < -0.3 is 0 Å². The fraction of sp³-hybridized carbons (Fsp3) is 0. The van der Waals surface area contributed by atoms with E-state index in [1.165, 1.54) is 0 Å². The molecule has 0 spiro atoms. The summed E-state index contributed by atoms with van der Waals surface area (Å²) in [7, 11) is 0. The molecule has 0 amide bonds. The van der Waals surface area contributed by atoms with Gasteiger partial charge in [0.25, 0.3) is 0 Å². The van der Waals surface area contributed by atoms with E-state index < -0.39 is 20.4 Å². The molecule has 2 N–H and O–H groups in total. The molecule has 0 aromatic heterocycles. The van der Waals surface area contributed by atoms with Crippen LogP contribution in [-0.2, 0) is 3.10 Å². The molecule has 0 rings (SSSR count). The molecule has 0 fully saturated rings. The summed E-state index contributed by atoms with van der Waals surface area (Å²) in [6, 6.07) is 0. The first-order valence-corrected chi connectivity index (χ1v) is 3.57. The van der Waals surface area contributed by atoms with Gasteiger partial charge in [-0.2, -0.15) is 0 Å². The van der Waals surface area contributed by atoms with E-state index in [0.717, 1.165) is 0 Å². The molecule has 0 saturated carbocycles. The third-order valence-electron chi connectivity index (χ3n) is 0. The SMILES string of the molecule is O=[Te](O)O.[Ba]. The molecule has 5 heavy (non-hydrogen) atoms. The number of rotatable bonds is 0. The minimum absolute atomic E-state index is 0. The van der Waals surface area contributed by atoms with Crippen molar-refractivity contribution in [3.63, 3.8) is 0 Å². The zero-order valence-corrected chi connectivity index (χ0v) is 9.19. The average molecular weight is 315 g/mol. The van der Waals surface area contributed by atoms with Gasteiger partial charge in [-0.3, -0.25) is 0 Å². The Labute approximate surface area is 77.5 Å². The third kappa shape index (κ3) is 23.4. The summed E-state index contributed by atoms with van der Waals surface area (Å²) < 4.78 is 23.3. The second-order valence-electron chi connectivity index (χ2n) is 0.231. The van der Waals surface area contributed by atoms with Gasteiger partial charge in [-0.25, -0.2) is 0 Å². The Morgan fingerprint density at radius 1 is 1.40 bits per heavy atom. The third-order valence-corrected chi connectivity index (χ3v) is 0. The van der Waals surface area contributed by atoms with Gasteiger partial charge in [0, 0.05) is 48.9 Å². The van der Waals surface area contributed by atoms with Crippen LogP contribution in [0.1, 0.15) is 0 Å². The molecule has 5 heteroatoms. The van der Waals surface area contributed by atoms with Gasteiger partial charge in [0.15, 0.2) is 0 Å². The minimum Gasteiger partial charge on any atom is 0 e. The average Bonchev–Trinajstić information content (AvgIpc) is 0.811. The Bertz CT molecular complexity index is 29.9. The smallest absolute Gasteiger partial charge is 0 e. The Hall–Kier alpha value is 2.08. The van der Waals surface area contributed by atoms with E-state index in [0.29, 0.717) is 0 Å². The molecule has 0 atom stereocenters. The van der Waals surface area contributed by atoms with Gasteiger partial charge in [-0.1, -0.05) is 0 Å². The van der Waals surface area contributed by atoms with E-state index in [1.807, 2.05) is 0 Å². The minimum atomic E-state index is -3.61. The predicted molar refractivity (Wildman–Crippen MR) is 16.6 cm³/mol. The second-order valence-corrected chi connectivity index (χ2v) is 1.55. The molecule has 0 aromatic rings. The van der Waals surface area contributed by atoms with Crippen molar-refractivity contribution in [1.82, 2.24) is 0 Å². The number of hydrogen-bond donors (Lipinski definition) is 2. The van der Waals surface area contributed by atoms with Crippen LogP contribution in [0.3, 0.4) is 0 Å². The molecule has 0 aliphatic carbocycles. The quantitative estimate of drug-likeness (QED) is 0.509. The van der Waals surface area contributed by atoms with E-state index in [-0.39, 0.29) is 48.9 Å². The van der Waals surface area contributed by atoms with E-state index in [9.17, 15) is 0 Å². The molecular weight excluding hydrogens is 313 g/mol. The van der Waals surface area contributed by atoms with E-state index in [2.05, 4.69) is 0 Å². The maximum atomic E-state index is 8.81. The molecule has 0 aliphatic rings. The molecule has 2 radical (unpaired) electrons. The largest absolute Gasteiger partial charge is 0 e. The first kappa shape index (κ1) is 10.1. The van der Waals surface area contributed by atoms with Crippen molar-refractivity contribution in [2.24, 2.45) is 0 Å². The predicted octanol–water partition coefficient (Wildman–Crippen LogP) is -1.99.